The average Bonchev–Trinajstić information content (AvgIpc) is 2.97. The van der Waals surface area contributed by atoms with Gasteiger partial charge in [-0.15, -0.1) is 0 Å². The van der Waals surface area contributed by atoms with Gasteiger partial charge in [-0.1, -0.05) is 12.1 Å². The number of Topliss-reactive ketones (excluding diaryl/α,β-unsaturated/α-hetero) is 1. The number of nitrogens with zero attached hydrogens (tertiary/aromatic N) is 1. The Bertz CT molecular complexity index is 619. The van der Waals surface area contributed by atoms with E-state index in [1.807, 2.05) is 0 Å². The number of hydrogen-bond donors (Lipinski definition) is 0. The van der Waals surface area contributed by atoms with Crippen molar-refractivity contribution in [1.29, 1.82) is 0 Å². The molecular weight excluding hydrogens is 270 g/mol. The van der Waals surface area contributed by atoms with Crippen LogP contribution in [0.5, 0.6) is 5.75 Å². The van der Waals surface area contributed by atoms with Crippen LogP contribution in [-0.4, -0.2) is 30.2 Å². The Morgan fingerprint density at radius 3 is 2.62 bits per heavy atom. The van der Waals surface area contributed by atoms with Crippen LogP contribution < -0.4 is 4.74 Å². The second kappa shape index (κ2) is 6.74. The van der Waals surface area contributed by atoms with Crippen LogP contribution in [0.15, 0.2) is 47.1 Å². The Balaban J connectivity index is 1.93. The van der Waals surface area contributed by atoms with Gasteiger partial charge in [0.25, 0.3) is 5.91 Å². The van der Waals surface area contributed by atoms with E-state index in [1.165, 1.54) is 11.8 Å². The minimum absolute atomic E-state index is 0.0954. The lowest BCUT2D eigenvalue weighted by atomic mass is 10.1. The van der Waals surface area contributed by atoms with Crippen LogP contribution >= 0.6 is 0 Å². The normalized spacial score (nSPS) is 10.2. The molecule has 1 heterocycles. The quantitative estimate of drug-likeness (QED) is 0.766. The fraction of sp³-hybridized carbons (Fsp3) is 0.250. The van der Waals surface area contributed by atoms with E-state index < -0.39 is 0 Å². The average molecular weight is 287 g/mol. The number of carbonyl (C=O) groups is 2. The van der Waals surface area contributed by atoms with Gasteiger partial charge in [0.05, 0.1) is 18.4 Å². The number of likely N-dealkylation sites (N-methyl/N-ethyl adjacent to an activating group) is 1. The predicted octanol–water partition coefficient (Wildman–Crippen LogP) is 2.52. The lowest BCUT2D eigenvalue weighted by Gasteiger charge is -2.16. The van der Waals surface area contributed by atoms with E-state index in [-0.39, 0.29) is 18.3 Å². The summed E-state index contributed by atoms with van der Waals surface area (Å²) in [6.45, 7) is 1.72. The zero-order valence-corrected chi connectivity index (χ0v) is 12.0. The summed E-state index contributed by atoms with van der Waals surface area (Å²) >= 11 is 0. The van der Waals surface area contributed by atoms with Crippen molar-refractivity contribution in [2.24, 2.45) is 0 Å². The molecular formula is C16H17NO4. The summed E-state index contributed by atoms with van der Waals surface area (Å²) in [5.74, 6) is 0.839. The van der Waals surface area contributed by atoms with E-state index in [2.05, 4.69) is 0 Å². The second-order valence-electron chi connectivity index (χ2n) is 4.67. The summed E-state index contributed by atoms with van der Waals surface area (Å²) in [6.07, 6.45) is 1.56. The molecule has 0 saturated carbocycles. The third-order valence-corrected chi connectivity index (χ3v) is 3.02. The maximum atomic E-state index is 12.0. The first-order chi connectivity index (χ1) is 10.1. The highest BCUT2D eigenvalue weighted by Gasteiger charge is 2.13. The summed E-state index contributed by atoms with van der Waals surface area (Å²) in [5.41, 5.74) is 0.471. The van der Waals surface area contributed by atoms with Crippen molar-refractivity contribution >= 4 is 11.7 Å². The molecule has 2 aromatic rings. The van der Waals surface area contributed by atoms with Crippen molar-refractivity contribution in [3.05, 3.63) is 54.0 Å². The number of amides is 1. The van der Waals surface area contributed by atoms with Gasteiger partial charge in [-0.2, -0.15) is 0 Å². The third kappa shape index (κ3) is 3.95. The number of furan rings is 1. The smallest absolute Gasteiger partial charge is 0.260 e. The van der Waals surface area contributed by atoms with E-state index in [1.54, 1.807) is 49.7 Å². The van der Waals surface area contributed by atoms with Gasteiger partial charge in [-0.05, 0) is 31.2 Å². The molecule has 0 aliphatic heterocycles. The third-order valence-electron chi connectivity index (χ3n) is 3.02. The molecule has 1 aromatic heterocycles. The molecule has 0 bridgehead atoms. The Kier molecular flexibility index (Phi) is 4.77. The van der Waals surface area contributed by atoms with Crippen LogP contribution in [-0.2, 0) is 11.3 Å². The Labute approximate surface area is 123 Å². The van der Waals surface area contributed by atoms with Gasteiger partial charge in [0.15, 0.2) is 12.4 Å². The van der Waals surface area contributed by atoms with Gasteiger partial charge in [-0.25, -0.2) is 0 Å². The zero-order chi connectivity index (χ0) is 15.2. The molecule has 1 amide bonds. The van der Waals surface area contributed by atoms with Gasteiger partial charge in [0.2, 0.25) is 0 Å². The predicted molar refractivity (Wildman–Crippen MR) is 77.1 cm³/mol. The fourth-order valence-electron chi connectivity index (χ4n) is 1.86. The molecule has 110 valence electrons. The first-order valence-electron chi connectivity index (χ1n) is 6.57. The van der Waals surface area contributed by atoms with Gasteiger partial charge in [-0.3, -0.25) is 9.59 Å². The van der Waals surface area contributed by atoms with E-state index in [0.29, 0.717) is 23.6 Å². The second-order valence-corrected chi connectivity index (χ2v) is 4.67. The molecule has 2 rings (SSSR count). The van der Waals surface area contributed by atoms with Gasteiger partial charge >= 0.3 is 0 Å². The van der Waals surface area contributed by atoms with Crippen LogP contribution in [0.2, 0.25) is 0 Å². The maximum Gasteiger partial charge on any atom is 0.260 e. The minimum Gasteiger partial charge on any atom is -0.483 e. The number of hydrogen-bond acceptors (Lipinski definition) is 4. The summed E-state index contributed by atoms with van der Waals surface area (Å²) in [4.78, 5) is 25.0. The van der Waals surface area contributed by atoms with Crippen LogP contribution in [0.1, 0.15) is 23.0 Å². The molecule has 5 nitrogen and oxygen atoms in total. The van der Waals surface area contributed by atoms with Gasteiger partial charge in [0, 0.05) is 7.05 Å². The van der Waals surface area contributed by atoms with E-state index in [0.717, 1.165) is 0 Å². The Morgan fingerprint density at radius 2 is 1.95 bits per heavy atom. The highest BCUT2D eigenvalue weighted by molar-refractivity contribution is 5.96. The van der Waals surface area contributed by atoms with Crippen molar-refractivity contribution in [1.82, 2.24) is 4.90 Å². The van der Waals surface area contributed by atoms with Crippen LogP contribution in [0.25, 0.3) is 0 Å². The highest BCUT2D eigenvalue weighted by Crippen LogP contribution is 2.18. The SMILES string of the molecule is CC(=O)c1ccccc1OCC(=O)N(C)Cc1ccco1. The van der Waals surface area contributed by atoms with Crippen molar-refractivity contribution in [2.75, 3.05) is 13.7 Å². The van der Waals surface area contributed by atoms with Crippen molar-refractivity contribution < 1.29 is 18.7 Å². The largest absolute Gasteiger partial charge is 0.483 e. The molecule has 0 aliphatic carbocycles. The summed E-state index contributed by atoms with van der Waals surface area (Å²) in [5, 5.41) is 0. The van der Waals surface area contributed by atoms with E-state index >= 15 is 0 Å². The van der Waals surface area contributed by atoms with Crippen molar-refractivity contribution in [3.8, 4) is 5.75 Å². The summed E-state index contributed by atoms with van der Waals surface area (Å²) in [7, 11) is 1.67. The minimum atomic E-state index is -0.190. The fourth-order valence-corrected chi connectivity index (χ4v) is 1.86. The van der Waals surface area contributed by atoms with Gasteiger partial charge < -0.3 is 14.1 Å². The Hall–Kier alpha value is -2.56. The topological polar surface area (TPSA) is 59.8 Å². The molecule has 0 saturated heterocycles. The Morgan fingerprint density at radius 1 is 1.19 bits per heavy atom. The zero-order valence-electron chi connectivity index (χ0n) is 12.0. The summed E-state index contributed by atoms with van der Waals surface area (Å²) < 4.78 is 10.6. The molecule has 0 unspecified atom stereocenters. The molecule has 0 atom stereocenters. The molecule has 0 fully saturated rings. The molecule has 1 aromatic carbocycles. The summed E-state index contributed by atoms with van der Waals surface area (Å²) in [6, 6.07) is 10.4. The molecule has 0 spiro atoms. The monoisotopic (exact) mass is 287 g/mol. The number of ether oxygens (including phenoxy) is 1. The molecule has 5 heteroatoms. The standard InChI is InChI=1S/C16H17NO4/c1-12(18)14-7-3-4-8-15(14)21-11-16(19)17(2)10-13-6-5-9-20-13/h3-9H,10-11H2,1-2H3. The molecule has 0 radical (unpaired) electrons. The van der Waals surface area contributed by atoms with E-state index in [4.69, 9.17) is 9.15 Å². The molecule has 21 heavy (non-hydrogen) atoms. The van der Waals surface area contributed by atoms with Crippen LogP contribution in [0.3, 0.4) is 0 Å². The van der Waals surface area contributed by atoms with Crippen molar-refractivity contribution in [3.63, 3.8) is 0 Å². The van der Waals surface area contributed by atoms with E-state index in [9.17, 15) is 9.59 Å². The number of rotatable bonds is 6. The lowest BCUT2D eigenvalue weighted by molar-refractivity contribution is -0.132. The number of para-hydroxylation sites is 1. The number of carbonyl (C=O) groups excluding carboxylic acids is 2. The lowest BCUT2D eigenvalue weighted by Crippen LogP contribution is -2.31. The first kappa shape index (κ1) is 14.8. The number of ketones is 1. The molecule has 0 aliphatic rings. The number of benzene rings is 1. The maximum absolute atomic E-state index is 12.0. The highest BCUT2D eigenvalue weighted by atomic mass is 16.5. The molecule has 0 N–H and O–H groups in total. The van der Waals surface area contributed by atoms with Crippen LogP contribution in [0, 0.1) is 0 Å². The first-order valence-corrected chi connectivity index (χ1v) is 6.57. The van der Waals surface area contributed by atoms with Crippen molar-refractivity contribution in [2.45, 2.75) is 13.5 Å². The van der Waals surface area contributed by atoms with Crippen LogP contribution in [0.4, 0.5) is 0 Å². The van der Waals surface area contributed by atoms with Gasteiger partial charge in [0.1, 0.15) is 11.5 Å².